The fraction of sp³-hybridized carbons (Fsp3) is 1.00. The molecule has 1 aliphatic rings. The van der Waals surface area contributed by atoms with Gasteiger partial charge in [0.15, 0.2) is 0 Å². The summed E-state index contributed by atoms with van der Waals surface area (Å²) in [5, 5.41) is 8.68. The van der Waals surface area contributed by atoms with E-state index in [9.17, 15) is 8.42 Å². The van der Waals surface area contributed by atoms with E-state index in [0.717, 1.165) is 25.4 Å². The Morgan fingerprint density at radius 1 is 1.50 bits per heavy atom. The summed E-state index contributed by atoms with van der Waals surface area (Å²) in [6.07, 6.45) is 3.01. The molecule has 86 valence electrons. The Bertz CT molecular complexity index is 228. The van der Waals surface area contributed by atoms with E-state index >= 15 is 0 Å². The van der Waals surface area contributed by atoms with Gasteiger partial charge in [0.05, 0.1) is 19.0 Å². The van der Waals surface area contributed by atoms with E-state index in [0.29, 0.717) is 6.26 Å². The number of hydrogen-bond acceptors (Lipinski definition) is 4. The number of aliphatic hydroxyl groups is 1. The summed E-state index contributed by atoms with van der Waals surface area (Å²) in [6, 6.07) is 0. The van der Waals surface area contributed by atoms with Gasteiger partial charge in [0.1, 0.15) is 0 Å². The van der Waals surface area contributed by atoms with Crippen molar-refractivity contribution in [2.75, 3.05) is 19.5 Å². The van der Waals surface area contributed by atoms with E-state index in [-0.39, 0.29) is 12.7 Å². The highest BCUT2D eigenvalue weighted by molar-refractivity contribution is 7.85. The van der Waals surface area contributed by atoms with Gasteiger partial charge in [-0.15, -0.1) is 0 Å². The quantitative estimate of drug-likeness (QED) is 0.628. The van der Waals surface area contributed by atoms with Crippen molar-refractivity contribution in [1.82, 2.24) is 0 Å². The molecule has 0 aliphatic carbocycles. The topological polar surface area (TPSA) is 83.8 Å². The lowest BCUT2D eigenvalue weighted by Gasteiger charge is -2.25. The number of hydrogen-bond donors (Lipinski definition) is 2. The molecule has 0 radical (unpaired) electrons. The fourth-order valence-electron chi connectivity index (χ4n) is 1.20. The second-order valence-corrected chi connectivity index (χ2v) is 5.00. The van der Waals surface area contributed by atoms with Crippen LogP contribution in [0.3, 0.4) is 0 Å². The van der Waals surface area contributed by atoms with Crippen LogP contribution in [0.15, 0.2) is 0 Å². The van der Waals surface area contributed by atoms with Crippen molar-refractivity contribution < 1.29 is 22.8 Å². The highest BCUT2D eigenvalue weighted by Gasteiger charge is 2.17. The summed E-state index contributed by atoms with van der Waals surface area (Å²) >= 11 is 0. The van der Waals surface area contributed by atoms with Crippen molar-refractivity contribution in [3.8, 4) is 0 Å². The Hall–Kier alpha value is -0.170. The van der Waals surface area contributed by atoms with Crippen LogP contribution in [0, 0.1) is 5.92 Å². The van der Waals surface area contributed by atoms with Gasteiger partial charge in [0.25, 0.3) is 10.1 Å². The average molecular weight is 226 g/mol. The van der Waals surface area contributed by atoms with Crippen molar-refractivity contribution in [3.05, 3.63) is 0 Å². The van der Waals surface area contributed by atoms with Gasteiger partial charge < -0.3 is 9.84 Å². The molecule has 2 unspecified atom stereocenters. The van der Waals surface area contributed by atoms with Gasteiger partial charge in [-0.05, 0) is 18.8 Å². The highest BCUT2D eigenvalue weighted by atomic mass is 32.2. The molecule has 0 aromatic rings. The maximum absolute atomic E-state index is 9.19. The van der Waals surface area contributed by atoms with Crippen LogP contribution >= 0.6 is 0 Å². The van der Waals surface area contributed by atoms with E-state index in [4.69, 9.17) is 14.4 Å². The predicted molar refractivity (Wildman–Crippen MR) is 52.7 cm³/mol. The third kappa shape index (κ3) is 9.91. The molecule has 6 heteroatoms. The van der Waals surface area contributed by atoms with Crippen molar-refractivity contribution >= 4 is 10.1 Å². The van der Waals surface area contributed by atoms with E-state index < -0.39 is 10.1 Å². The van der Waals surface area contributed by atoms with E-state index in [2.05, 4.69) is 6.92 Å². The lowest BCUT2D eigenvalue weighted by Crippen LogP contribution is -2.26. The molecule has 2 N–H and O–H groups in total. The van der Waals surface area contributed by atoms with Crippen LogP contribution in [-0.4, -0.2) is 43.7 Å². The minimum absolute atomic E-state index is 0.119. The molecule has 0 saturated carbocycles. The van der Waals surface area contributed by atoms with Crippen LogP contribution in [0.1, 0.15) is 19.8 Å². The molecular weight excluding hydrogens is 208 g/mol. The molecule has 0 aromatic carbocycles. The van der Waals surface area contributed by atoms with E-state index in [1.807, 2.05) is 0 Å². The average Bonchev–Trinajstić information content (AvgIpc) is 2.01. The minimum atomic E-state index is -3.67. The number of rotatable bonds is 1. The maximum Gasteiger partial charge on any atom is 0.261 e. The Labute approximate surface area is 84.8 Å². The lowest BCUT2D eigenvalue weighted by molar-refractivity contribution is -0.0344. The predicted octanol–water partition coefficient (Wildman–Crippen LogP) is 0.298. The fourth-order valence-corrected chi connectivity index (χ4v) is 1.20. The molecule has 1 aliphatic heterocycles. The molecule has 0 bridgehead atoms. The summed E-state index contributed by atoms with van der Waals surface area (Å²) < 4.78 is 31.1. The molecule has 0 amide bonds. The van der Waals surface area contributed by atoms with Gasteiger partial charge in [-0.2, -0.15) is 8.42 Å². The Morgan fingerprint density at radius 2 is 2.00 bits per heavy atom. The summed E-state index contributed by atoms with van der Waals surface area (Å²) in [5.41, 5.74) is 0. The molecule has 0 spiro atoms. The first kappa shape index (κ1) is 13.8. The van der Waals surface area contributed by atoms with Crippen LogP contribution < -0.4 is 0 Å². The molecule has 1 saturated heterocycles. The van der Waals surface area contributed by atoms with Crippen molar-refractivity contribution in [2.24, 2.45) is 5.92 Å². The second-order valence-electron chi connectivity index (χ2n) is 3.54. The Balaban J connectivity index is 0.000000292. The zero-order valence-corrected chi connectivity index (χ0v) is 9.33. The van der Waals surface area contributed by atoms with Crippen LogP contribution in [0.4, 0.5) is 0 Å². The molecule has 1 fully saturated rings. The Morgan fingerprint density at radius 3 is 2.29 bits per heavy atom. The molecule has 0 aromatic heterocycles. The van der Waals surface area contributed by atoms with Crippen molar-refractivity contribution in [1.29, 1.82) is 0 Å². The van der Waals surface area contributed by atoms with Crippen LogP contribution in [-0.2, 0) is 14.9 Å². The molecule has 5 nitrogen and oxygen atoms in total. The largest absolute Gasteiger partial charge is 0.394 e. The molecule has 2 atom stereocenters. The van der Waals surface area contributed by atoms with Gasteiger partial charge in [-0.3, -0.25) is 4.55 Å². The van der Waals surface area contributed by atoms with Gasteiger partial charge in [-0.1, -0.05) is 6.92 Å². The van der Waals surface area contributed by atoms with Crippen LogP contribution in [0.25, 0.3) is 0 Å². The van der Waals surface area contributed by atoms with Gasteiger partial charge >= 0.3 is 0 Å². The zero-order valence-electron chi connectivity index (χ0n) is 8.51. The van der Waals surface area contributed by atoms with Gasteiger partial charge in [0.2, 0.25) is 0 Å². The molecule has 1 rings (SSSR count). The summed E-state index contributed by atoms with van der Waals surface area (Å²) in [4.78, 5) is 0. The van der Waals surface area contributed by atoms with Gasteiger partial charge in [0, 0.05) is 6.61 Å². The lowest BCUT2D eigenvalue weighted by atomic mass is 9.98. The normalized spacial score (nSPS) is 27.7. The van der Waals surface area contributed by atoms with Crippen LogP contribution in [0.2, 0.25) is 0 Å². The van der Waals surface area contributed by atoms with E-state index in [1.54, 1.807) is 0 Å². The first-order valence-corrected chi connectivity index (χ1v) is 6.32. The highest BCUT2D eigenvalue weighted by Crippen LogP contribution is 2.18. The second kappa shape index (κ2) is 6.34. The van der Waals surface area contributed by atoms with Crippen molar-refractivity contribution in [3.63, 3.8) is 0 Å². The van der Waals surface area contributed by atoms with Crippen molar-refractivity contribution in [2.45, 2.75) is 25.9 Å². The van der Waals surface area contributed by atoms with Gasteiger partial charge in [-0.25, -0.2) is 0 Å². The molecule has 1 heterocycles. The summed E-state index contributed by atoms with van der Waals surface area (Å²) in [6.45, 7) is 3.21. The third-order valence-corrected chi connectivity index (χ3v) is 1.83. The first-order valence-electron chi connectivity index (χ1n) is 4.48. The minimum Gasteiger partial charge on any atom is -0.394 e. The van der Waals surface area contributed by atoms with Crippen LogP contribution in [0.5, 0.6) is 0 Å². The molecular formula is C8H18O5S. The number of aliphatic hydroxyl groups excluding tert-OH is 1. The molecule has 14 heavy (non-hydrogen) atoms. The first-order chi connectivity index (χ1) is 6.33. The smallest absolute Gasteiger partial charge is 0.261 e. The number of ether oxygens (including phenoxy) is 1. The monoisotopic (exact) mass is 226 g/mol. The zero-order chi connectivity index (χ0) is 11.2. The third-order valence-electron chi connectivity index (χ3n) is 1.83. The summed E-state index contributed by atoms with van der Waals surface area (Å²) in [5.74, 6) is 0.732. The standard InChI is InChI=1S/C7H14O2.CH4O3S/c1-6-2-3-9-7(4-6)5-8;1-5(2,3)4/h6-8H,2-5H2,1H3;1H3,(H,2,3,4). The van der Waals surface area contributed by atoms with E-state index in [1.165, 1.54) is 0 Å². The maximum atomic E-state index is 9.19. The Kier molecular flexibility index (Phi) is 6.26. The summed E-state index contributed by atoms with van der Waals surface area (Å²) in [7, 11) is -3.67. The SMILES string of the molecule is CC1CCOC(CO)C1.CS(=O)(=O)O.